The number of hydrogen-bond donors (Lipinski definition) is 1. The molecule has 0 bridgehead atoms. The number of carbonyl (C=O) groups is 1. The molecule has 0 saturated carbocycles. The third kappa shape index (κ3) is 4.92. The summed E-state index contributed by atoms with van der Waals surface area (Å²) in [6.45, 7) is 2.23. The summed E-state index contributed by atoms with van der Waals surface area (Å²) in [6.07, 6.45) is 3.27. The van der Waals surface area contributed by atoms with Crippen molar-refractivity contribution < 1.29 is 22.7 Å². The molecule has 5 rings (SSSR count). The lowest BCUT2D eigenvalue weighted by Gasteiger charge is -2.17. The van der Waals surface area contributed by atoms with Crippen LogP contribution in [-0.4, -0.2) is 42.1 Å². The van der Waals surface area contributed by atoms with Crippen LogP contribution in [0.5, 0.6) is 11.5 Å². The van der Waals surface area contributed by atoms with Gasteiger partial charge in [-0.3, -0.25) is 19.5 Å². The molecule has 1 N–H and O–H groups in total. The van der Waals surface area contributed by atoms with Crippen molar-refractivity contribution in [3.63, 3.8) is 0 Å². The first kappa shape index (κ1) is 24.5. The van der Waals surface area contributed by atoms with Crippen LogP contribution in [0.2, 0.25) is 0 Å². The Labute approximate surface area is 215 Å². The first-order valence-electron chi connectivity index (χ1n) is 11.8. The molecule has 10 heteroatoms. The summed E-state index contributed by atoms with van der Waals surface area (Å²) in [6, 6.07) is 16.5. The zero-order valence-electron chi connectivity index (χ0n) is 20.5. The average Bonchev–Trinajstić information content (AvgIpc) is 3.24. The van der Waals surface area contributed by atoms with Crippen molar-refractivity contribution in [1.29, 1.82) is 0 Å². The SMILES string of the molecule is CCS(=O)(=O)Nc1c2c(c(OCc3ccc(OC)cc3)c3ncccc13)C(=O)N(Cc1ccccn1)C2. The van der Waals surface area contributed by atoms with Crippen LogP contribution >= 0.6 is 0 Å². The van der Waals surface area contributed by atoms with Crippen LogP contribution < -0.4 is 14.2 Å². The number of methoxy groups -OCH3 is 1. The molecular weight excluding hydrogens is 492 g/mol. The number of nitrogens with one attached hydrogen (secondary N) is 1. The van der Waals surface area contributed by atoms with Crippen LogP contribution in [0.4, 0.5) is 5.69 Å². The van der Waals surface area contributed by atoms with Crippen molar-refractivity contribution in [2.45, 2.75) is 26.6 Å². The van der Waals surface area contributed by atoms with Crippen LogP contribution in [0.15, 0.2) is 67.0 Å². The fourth-order valence-electron chi connectivity index (χ4n) is 4.31. The predicted octanol–water partition coefficient (Wildman–Crippen LogP) is 4.14. The van der Waals surface area contributed by atoms with Crippen molar-refractivity contribution >= 4 is 32.5 Å². The van der Waals surface area contributed by atoms with Gasteiger partial charge in [0.15, 0.2) is 5.75 Å². The van der Waals surface area contributed by atoms with Gasteiger partial charge in [0.1, 0.15) is 17.9 Å². The average molecular weight is 519 g/mol. The van der Waals surface area contributed by atoms with E-state index in [1.807, 2.05) is 42.5 Å². The van der Waals surface area contributed by atoms with E-state index < -0.39 is 10.0 Å². The molecule has 190 valence electrons. The minimum absolute atomic E-state index is 0.106. The maximum atomic E-state index is 13.7. The second kappa shape index (κ2) is 10.1. The number of ether oxygens (including phenoxy) is 2. The van der Waals surface area contributed by atoms with Crippen LogP contribution in [0.1, 0.15) is 34.1 Å². The van der Waals surface area contributed by atoms with Crippen molar-refractivity contribution in [3.8, 4) is 11.5 Å². The van der Waals surface area contributed by atoms with Crippen molar-refractivity contribution in [3.05, 3.63) is 89.4 Å². The summed E-state index contributed by atoms with van der Waals surface area (Å²) in [5, 5.41) is 0.565. The Hall–Kier alpha value is -4.18. The number of sulfonamides is 1. The molecule has 0 radical (unpaired) electrons. The Morgan fingerprint density at radius 2 is 1.81 bits per heavy atom. The lowest BCUT2D eigenvalue weighted by atomic mass is 10.0. The Morgan fingerprint density at radius 3 is 2.51 bits per heavy atom. The molecule has 0 fully saturated rings. The van der Waals surface area contributed by atoms with Crippen molar-refractivity contribution in [2.75, 3.05) is 17.6 Å². The van der Waals surface area contributed by atoms with Gasteiger partial charge in [0, 0.05) is 29.9 Å². The fourth-order valence-corrected chi connectivity index (χ4v) is 5.00. The van der Waals surface area contributed by atoms with Crippen LogP contribution in [0.25, 0.3) is 10.9 Å². The zero-order chi connectivity index (χ0) is 26.0. The van der Waals surface area contributed by atoms with Crippen molar-refractivity contribution in [1.82, 2.24) is 14.9 Å². The summed E-state index contributed by atoms with van der Waals surface area (Å²) in [7, 11) is -2.03. The molecule has 4 aromatic rings. The molecule has 3 heterocycles. The number of hydrogen-bond acceptors (Lipinski definition) is 7. The van der Waals surface area contributed by atoms with Gasteiger partial charge in [-0.15, -0.1) is 0 Å². The summed E-state index contributed by atoms with van der Waals surface area (Å²) >= 11 is 0. The molecule has 9 nitrogen and oxygen atoms in total. The van der Waals surface area contributed by atoms with Gasteiger partial charge in [0.05, 0.1) is 36.4 Å². The smallest absolute Gasteiger partial charge is 0.258 e. The van der Waals surface area contributed by atoms with E-state index in [9.17, 15) is 13.2 Å². The van der Waals surface area contributed by atoms with E-state index in [0.29, 0.717) is 33.5 Å². The first-order valence-corrected chi connectivity index (χ1v) is 13.4. The third-order valence-corrected chi connectivity index (χ3v) is 7.51. The van der Waals surface area contributed by atoms with E-state index in [4.69, 9.17) is 9.47 Å². The maximum absolute atomic E-state index is 13.7. The molecule has 0 saturated heterocycles. The number of amides is 1. The number of aromatic nitrogens is 2. The number of rotatable bonds is 9. The van der Waals surface area contributed by atoms with E-state index in [1.54, 1.807) is 43.5 Å². The van der Waals surface area contributed by atoms with E-state index >= 15 is 0 Å². The summed E-state index contributed by atoms with van der Waals surface area (Å²) < 4.78 is 39.4. The Bertz CT molecular complexity index is 1560. The second-order valence-corrected chi connectivity index (χ2v) is 10.6. The number of carbonyl (C=O) groups excluding carboxylic acids is 1. The normalized spacial score (nSPS) is 13.0. The molecule has 2 aromatic heterocycles. The molecule has 37 heavy (non-hydrogen) atoms. The predicted molar refractivity (Wildman–Crippen MR) is 140 cm³/mol. The minimum atomic E-state index is -3.63. The fraction of sp³-hybridized carbons (Fsp3) is 0.222. The highest BCUT2D eigenvalue weighted by Crippen LogP contribution is 2.44. The van der Waals surface area contributed by atoms with Gasteiger partial charge in [0.25, 0.3) is 5.91 Å². The second-order valence-electron chi connectivity index (χ2n) is 8.58. The van der Waals surface area contributed by atoms with Gasteiger partial charge in [-0.2, -0.15) is 0 Å². The van der Waals surface area contributed by atoms with Crippen LogP contribution in [-0.2, 0) is 29.7 Å². The van der Waals surface area contributed by atoms with Crippen LogP contribution in [0, 0.1) is 0 Å². The van der Waals surface area contributed by atoms with Gasteiger partial charge in [-0.25, -0.2) is 8.42 Å². The molecule has 0 aliphatic carbocycles. The number of anilines is 1. The van der Waals surface area contributed by atoms with E-state index in [2.05, 4.69) is 14.7 Å². The standard InChI is InChI=1S/C27H26N4O5S/c1-3-37(33,34)30-24-21-8-6-14-29-25(21)26(36-17-18-9-11-20(35-2)12-10-18)23-22(24)16-31(27(23)32)15-19-7-4-5-13-28-19/h4-14,30H,3,15-17H2,1-2H3. The van der Waals surface area contributed by atoms with E-state index in [-0.39, 0.29) is 31.4 Å². The Morgan fingerprint density at radius 1 is 1.03 bits per heavy atom. The lowest BCUT2D eigenvalue weighted by Crippen LogP contribution is -2.24. The van der Waals surface area contributed by atoms with Gasteiger partial charge < -0.3 is 14.4 Å². The molecule has 1 amide bonds. The molecule has 0 atom stereocenters. The summed E-state index contributed by atoms with van der Waals surface area (Å²) in [5.74, 6) is 0.680. The van der Waals surface area contributed by atoms with Crippen molar-refractivity contribution in [2.24, 2.45) is 0 Å². The Kier molecular flexibility index (Phi) is 6.66. The first-order chi connectivity index (χ1) is 17.9. The van der Waals surface area contributed by atoms with Gasteiger partial charge in [-0.1, -0.05) is 18.2 Å². The molecule has 0 unspecified atom stereocenters. The van der Waals surface area contributed by atoms with Gasteiger partial charge in [-0.05, 0) is 48.9 Å². The molecule has 2 aromatic carbocycles. The number of fused-ring (bicyclic) bond motifs is 2. The molecular formula is C27H26N4O5S. The number of pyridine rings is 2. The third-order valence-electron chi connectivity index (χ3n) is 6.23. The topological polar surface area (TPSA) is 111 Å². The van der Waals surface area contributed by atoms with Gasteiger partial charge >= 0.3 is 0 Å². The Balaban J connectivity index is 1.62. The minimum Gasteiger partial charge on any atom is -0.497 e. The monoisotopic (exact) mass is 518 g/mol. The molecule has 1 aliphatic heterocycles. The highest BCUT2D eigenvalue weighted by molar-refractivity contribution is 7.92. The van der Waals surface area contributed by atoms with Gasteiger partial charge in [0.2, 0.25) is 10.0 Å². The molecule has 1 aliphatic rings. The highest BCUT2D eigenvalue weighted by atomic mass is 32.2. The summed E-state index contributed by atoms with van der Waals surface area (Å²) in [4.78, 5) is 24.2. The van der Waals surface area contributed by atoms with E-state index in [0.717, 1.165) is 17.0 Å². The quantitative estimate of drug-likeness (QED) is 0.355. The summed E-state index contributed by atoms with van der Waals surface area (Å²) in [5.41, 5.74) is 3.24. The molecule has 0 spiro atoms. The zero-order valence-corrected chi connectivity index (χ0v) is 21.3. The lowest BCUT2D eigenvalue weighted by molar-refractivity contribution is 0.0761. The number of nitrogens with zero attached hydrogens (tertiary/aromatic N) is 3. The maximum Gasteiger partial charge on any atom is 0.258 e. The highest BCUT2D eigenvalue weighted by Gasteiger charge is 2.36. The number of benzene rings is 2. The van der Waals surface area contributed by atoms with E-state index in [1.165, 1.54) is 0 Å². The van der Waals surface area contributed by atoms with Crippen LogP contribution in [0.3, 0.4) is 0 Å². The largest absolute Gasteiger partial charge is 0.497 e.